The van der Waals surface area contributed by atoms with Crippen molar-refractivity contribution in [2.45, 2.75) is 25.3 Å². The lowest BCUT2D eigenvalue weighted by Crippen LogP contribution is -2.40. The van der Waals surface area contributed by atoms with Crippen LogP contribution in [0.5, 0.6) is 0 Å². The lowest BCUT2D eigenvalue weighted by Gasteiger charge is -2.23. The quantitative estimate of drug-likeness (QED) is 0.587. The summed E-state index contributed by atoms with van der Waals surface area (Å²) in [5.41, 5.74) is 5.38. The number of aliphatic hydroxyl groups excluding tert-OH is 1. The zero-order valence-corrected chi connectivity index (χ0v) is 9.62. The van der Waals surface area contributed by atoms with Crippen molar-refractivity contribution in [3.63, 3.8) is 0 Å². The van der Waals surface area contributed by atoms with Crippen molar-refractivity contribution in [1.82, 2.24) is 4.90 Å². The first-order valence-corrected chi connectivity index (χ1v) is 5.09. The highest BCUT2D eigenvalue weighted by Gasteiger charge is 2.16. The van der Waals surface area contributed by atoms with E-state index in [-0.39, 0.29) is 6.61 Å². The molecule has 0 radical (unpaired) electrons. The van der Waals surface area contributed by atoms with Gasteiger partial charge in [-0.25, -0.2) is 0 Å². The largest absolute Gasteiger partial charge is 0.394 e. The van der Waals surface area contributed by atoms with Crippen LogP contribution in [0.4, 0.5) is 0 Å². The second-order valence-corrected chi connectivity index (χ2v) is 4.21. The number of hydrogen-bond acceptors (Lipinski definition) is 4. The molecule has 0 aromatic heterocycles. The lowest BCUT2D eigenvalue weighted by atomic mass is 9.98. The Hall–Kier alpha value is -0.160. The van der Waals surface area contributed by atoms with Crippen LogP contribution in [0.25, 0.3) is 0 Å². The maximum atomic E-state index is 8.94. The summed E-state index contributed by atoms with van der Waals surface area (Å²) in [5.74, 6) is 0. The van der Waals surface area contributed by atoms with E-state index in [1.165, 1.54) is 0 Å². The summed E-state index contributed by atoms with van der Waals surface area (Å²) in [7, 11) is 3.77. The molecule has 0 heterocycles. The molecule has 0 bridgehead atoms. The minimum absolute atomic E-state index is 0.0504. The second-order valence-electron chi connectivity index (χ2n) is 4.21. The predicted molar refractivity (Wildman–Crippen MR) is 58.3 cm³/mol. The molecular weight excluding hydrogens is 180 g/mol. The fourth-order valence-corrected chi connectivity index (χ4v) is 1.19. The van der Waals surface area contributed by atoms with Gasteiger partial charge >= 0.3 is 0 Å². The topological polar surface area (TPSA) is 58.7 Å². The monoisotopic (exact) mass is 204 g/mol. The minimum atomic E-state index is -0.428. The third-order valence-electron chi connectivity index (χ3n) is 2.33. The smallest absolute Gasteiger partial charge is 0.0608 e. The fourth-order valence-electron chi connectivity index (χ4n) is 1.19. The zero-order chi connectivity index (χ0) is 11.0. The molecule has 0 aromatic carbocycles. The number of aliphatic hydroxyl groups is 1. The van der Waals surface area contributed by atoms with Crippen LogP contribution in [0.15, 0.2) is 0 Å². The predicted octanol–water partition coefficient (Wildman–Crippen LogP) is 0.0545. The van der Waals surface area contributed by atoms with Crippen molar-refractivity contribution in [2.75, 3.05) is 40.5 Å². The summed E-state index contributed by atoms with van der Waals surface area (Å²) in [6, 6.07) is 0. The van der Waals surface area contributed by atoms with Gasteiger partial charge in [-0.2, -0.15) is 0 Å². The molecule has 0 aromatic rings. The molecule has 0 rings (SSSR count). The average molecular weight is 204 g/mol. The maximum absolute atomic E-state index is 8.94. The molecule has 0 fully saturated rings. The van der Waals surface area contributed by atoms with E-state index in [1.807, 2.05) is 6.92 Å². The van der Waals surface area contributed by atoms with Crippen LogP contribution in [-0.2, 0) is 4.74 Å². The molecule has 0 spiro atoms. The number of nitrogens with two attached hydrogens (primary N) is 1. The summed E-state index contributed by atoms with van der Waals surface area (Å²) < 4.78 is 4.97. The number of hydrogen-bond donors (Lipinski definition) is 2. The Morgan fingerprint density at radius 2 is 2.07 bits per heavy atom. The van der Waals surface area contributed by atoms with Gasteiger partial charge in [0.05, 0.1) is 13.2 Å². The van der Waals surface area contributed by atoms with Crippen molar-refractivity contribution in [2.24, 2.45) is 5.73 Å². The van der Waals surface area contributed by atoms with Crippen molar-refractivity contribution in [3.05, 3.63) is 0 Å². The zero-order valence-electron chi connectivity index (χ0n) is 9.62. The van der Waals surface area contributed by atoms with Gasteiger partial charge < -0.3 is 20.5 Å². The SMILES string of the molecule is COCCN(C)CCCC(C)(N)CO. The van der Waals surface area contributed by atoms with Gasteiger partial charge in [0.15, 0.2) is 0 Å². The molecule has 0 aliphatic heterocycles. The standard InChI is InChI=1S/C10H24N2O2/c1-10(11,9-13)5-4-6-12(2)7-8-14-3/h13H,4-9,11H2,1-3H3. The molecule has 14 heavy (non-hydrogen) atoms. The molecule has 0 amide bonds. The van der Waals surface area contributed by atoms with Gasteiger partial charge in [0.2, 0.25) is 0 Å². The van der Waals surface area contributed by atoms with Crippen molar-refractivity contribution in [1.29, 1.82) is 0 Å². The first-order valence-electron chi connectivity index (χ1n) is 5.09. The van der Waals surface area contributed by atoms with Gasteiger partial charge in [0.1, 0.15) is 0 Å². The normalized spacial score (nSPS) is 15.9. The molecule has 3 N–H and O–H groups in total. The summed E-state index contributed by atoms with van der Waals surface area (Å²) in [4.78, 5) is 2.21. The molecule has 4 nitrogen and oxygen atoms in total. The Kier molecular flexibility index (Phi) is 7.09. The Bertz CT molecular complexity index is 140. The highest BCUT2D eigenvalue weighted by Crippen LogP contribution is 2.07. The van der Waals surface area contributed by atoms with E-state index in [0.29, 0.717) is 0 Å². The number of likely N-dealkylation sites (N-methyl/N-ethyl adjacent to an activating group) is 1. The molecule has 0 aliphatic carbocycles. The Balaban J connectivity index is 3.43. The Morgan fingerprint density at radius 1 is 1.43 bits per heavy atom. The summed E-state index contributed by atoms with van der Waals surface area (Å²) >= 11 is 0. The number of rotatable bonds is 8. The molecule has 0 aliphatic rings. The third kappa shape index (κ3) is 7.26. The van der Waals surface area contributed by atoms with Crippen LogP contribution >= 0.6 is 0 Å². The van der Waals surface area contributed by atoms with E-state index in [2.05, 4.69) is 11.9 Å². The Morgan fingerprint density at radius 3 is 2.57 bits per heavy atom. The van der Waals surface area contributed by atoms with Crippen LogP contribution in [0.2, 0.25) is 0 Å². The van der Waals surface area contributed by atoms with Gasteiger partial charge in [0.25, 0.3) is 0 Å². The number of methoxy groups -OCH3 is 1. The van der Waals surface area contributed by atoms with Crippen LogP contribution in [0, 0.1) is 0 Å². The van der Waals surface area contributed by atoms with Gasteiger partial charge in [-0.05, 0) is 33.4 Å². The molecule has 0 saturated carbocycles. The van der Waals surface area contributed by atoms with Crippen LogP contribution in [0.3, 0.4) is 0 Å². The molecule has 1 atom stereocenters. The summed E-state index contributed by atoms with van der Waals surface area (Å²) in [6.07, 6.45) is 1.86. The van der Waals surface area contributed by atoms with E-state index in [1.54, 1.807) is 7.11 Å². The highest BCUT2D eigenvalue weighted by atomic mass is 16.5. The van der Waals surface area contributed by atoms with Crippen LogP contribution < -0.4 is 5.73 Å². The average Bonchev–Trinajstić information content (AvgIpc) is 2.14. The molecule has 86 valence electrons. The Labute approximate surface area is 87.0 Å². The molecule has 4 heteroatoms. The van der Waals surface area contributed by atoms with Crippen molar-refractivity contribution in [3.8, 4) is 0 Å². The third-order valence-corrected chi connectivity index (χ3v) is 2.33. The fraction of sp³-hybridized carbons (Fsp3) is 1.00. The van der Waals surface area contributed by atoms with E-state index >= 15 is 0 Å². The maximum Gasteiger partial charge on any atom is 0.0608 e. The van der Waals surface area contributed by atoms with E-state index < -0.39 is 5.54 Å². The number of ether oxygens (including phenoxy) is 1. The van der Waals surface area contributed by atoms with Gasteiger partial charge in [-0.15, -0.1) is 0 Å². The summed E-state index contributed by atoms with van der Waals surface area (Å²) in [5, 5.41) is 8.94. The van der Waals surface area contributed by atoms with E-state index in [9.17, 15) is 0 Å². The molecule has 1 unspecified atom stereocenters. The van der Waals surface area contributed by atoms with Gasteiger partial charge in [0, 0.05) is 19.2 Å². The van der Waals surface area contributed by atoms with Crippen LogP contribution in [0.1, 0.15) is 19.8 Å². The molecule has 0 saturated heterocycles. The summed E-state index contributed by atoms with van der Waals surface area (Å²) in [6.45, 7) is 4.63. The lowest BCUT2D eigenvalue weighted by molar-refractivity contribution is 0.155. The first-order chi connectivity index (χ1) is 6.52. The minimum Gasteiger partial charge on any atom is -0.394 e. The number of nitrogens with zero attached hydrogens (tertiary/aromatic N) is 1. The van der Waals surface area contributed by atoms with E-state index in [0.717, 1.165) is 32.5 Å². The van der Waals surface area contributed by atoms with Gasteiger partial charge in [-0.1, -0.05) is 0 Å². The second kappa shape index (κ2) is 7.17. The van der Waals surface area contributed by atoms with Crippen molar-refractivity contribution >= 4 is 0 Å². The van der Waals surface area contributed by atoms with Crippen molar-refractivity contribution < 1.29 is 9.84 Å². The first kappa shape index (κ1) is 13.8. The van der Waals surface area contributed by atoms with Crippen LogP contribution in [-0.4, -0.2) is 56.0 Å². The van der Waals surface area contributed by atoms with E-state index in [4.69, 9.17) is 15.6 Å². The van der Waals surface area contributed by atoms with Gasteiger partial charge in [-0.3, -0.25) is 0 Å². The highest BCUT2D eigenvalue weighted by molar-refractivity contribution is 4.77. The molecular formula is C10H24N2O2.